The van der Waals surface area contributed by atoms with Crippen molar-refractivity contribution in [2.24, 2.45) is 0 Å². The minimum Gasteiger partial charge on any atom is -0.396 e. The van der Waals surface area contributed by atoms with Crippen LogP contribution >= 0.6 is 0 Å². The zero-order valence-electron chi connectivity index (χ0n) is 12.7. The molecule has 0 radical (unpaired) electrons. The van der Waals surface area contributed by atoms with Crippen LogP contribution in [-0.4, -0.2) is 43.1 Å². The number of benzene rings is 1. The van der Waals surface area contributed by atoms with Gasteiger partial charge in [0.2, 0.25) is 0 Å². The van der Waals surface area contributed by atoms with Gasteiger partial charge in [-0.15, -0.1) is 0 Å². The van der Waals surface area contributed by atoms with Crippen molar-refractivity contribution in [2.75, 3.05) is 26.9 Å². The van der Waals surface area contributed by atoms with Crippen molar-refractivity contribution in [2.45, 2.75) is 38.3 Å². The number of aliphatic hydroxyl groups excluding tert-OH is 2. The maximum Gasteiger partial charge on any atom is 0.0914 e. The van der Waals surface area contributed by atoms with E-state index < -0.39 is 6.10 Å². The van der Waals surface area contributed by atoms with Crippen LogP contribution in [0.2, 0.25) is 0 Å². The quantitative estimate of drug-likeness (QED) is 0.646. The first-order valence-electron chi connectivity index (χ1n) is 7.19. The van der Waals surface area contributed by atoms with Gasteiger partial charge in [0.05, 0.1) is 12.7 Å². The third-order valence-electron chi connectivity index (χ3n) is 3.43. The molecule has 1 aromatic carbocycles. The van der Waals surface area contributed by atoms with Crippen LogP contribution in [0.4, 0.5) is 0 Å². The minimum absolute atomic E-state index is 0.0644. The average molecular weight is 281 g/mol. The summed E-state index contributed by atoms with van der Waals surface area (Å²) in [5.74, 6) is 0.495. The molecule has 3 N–H and O–H groups in total. The van der Waals surface area contributed by atoms with Crippen LogP contribution in [-0.2, 0) is 4.74 Å². The minimum atomic E-state index is -0.547. The normalized spacial score (nSPS) is 14.5. The van der Waals surface area contributed by atoms with Crippen LogP contribution in [0, 0.1) is 0 Å². The Morgan fingerprint density at radius 3 is 2.25 bits per heavy atom. The van der Waals surface area contributed by atoms with E-state index >= 15 is 0 Å². The van der Waals surface area contributed by atoms with Gasteiger partial charge in [-0.1, -0.05) is 38.1 Å². The van der Waals surface area contributed by atoms with Crippen LogP contribution in [0.25, 0.3) is 0 Å². The lowest BCUT2D eigenvalue weighted by Crippen LogP contribution is -2.36. The van der Waals surface area contributed by atoms with E-state index in [4.69, 9.17) is 9.84 Å². The Morgan fingerprint density at radius 2 is 1.75 bits per heavy atom. The maximum absolute atomic E-state index is 10.2. The number of aliphatic hydroxyl groups is 2. The molecule has 0 bridgehead atoms. The second-order valence-corrected chi connectivity index (χ2v) is 5.41. The average Bonchev–Trinajstić information content (AvgIpc) is 2.45. The monoisotopic (exact) mass is 281 g/mol. The lowest BCUT2D eigenvalue weighted by atomic mass is 10.00. The molecule has 4 nitrogen and oxygen atoms in total. The molecule has 0 aliphatic heterocycles. The fourth-order valence-electron chi connectivity index (χ4n) is 2.10. The van der Waals surface area contributed by atoms with Crippen molar-refractivity contribution in [3.63, 3.8) is 0 Å². The van der Waals surface area contributed by atoms with Crippen molar-refractivity contribution in [3.05, 3.63) is 35.4 Å². The van der Waals surface area contributed by atoms with Gasteiger partial charge in [0.25, 0.3) is 0 Å². The van der Waals surface area contributed by atoms with Gasteiger partial charge in [-0.25, -0.2) is 0 Å². The summed E-state index contributed by atoms with van der Waals surface area (Å²) in [4.78, 5) is 0. The summed E-state index contributed by atoms with van der Waals surface area (Å²) in [6.07, 6.45) is 0.0709. The Labute approximate surface area is 121 Å². The summed E-state index contributed by atoms with van der Waals surface area (Å²) in [6.45, 7) is 5.39. The molecule has 0 aliphatic rings. The van der Waals surface area contributed by atoms with E-state index in [-0.39, 0.29) is 12.6 Å². The maximum atomic E-state index is 10.2. The fourth-order valence-corrected chi connectivity index (χ4v) is 2.10. The van der Waals surface area contributed by atoms with Crippen LogP contribution in [0.15, 0.2) is 24.3 Å². The molecule has 0 aromatic heterocycles. The van der Waals surface area contributed by atoms with Crippen molar-refractivity contribution in [3.8, 4) is 0 Å². The van der Waals surface area contributed by atoms with Gasteiger partial charge in [0.1, 0.15) is 0 Å². The summed E-state index contributed by atoms with van der Waals surface area (Å²) in [5, 5.41) is 22.4. The number of hydrogen-bond acceptors (Lipinski definition) is 4. The summed E-state index contributed by atoms with van der Waals surface area (Å²) in [6, 6.07) is 8.13. The predicted molar refractivity (Wildman–Crippen MR) is 80.9 cm³/mol. The van der Waals surface area contributed by atoms with E-state index in [9.17, 15) is 5.11 Å². The molecule has 0 aliphatic carbocycles. The van der Waals surface area contributed by atoms with Gasteiger partial charge in [-0.2, -0.15) is 0 Å². The molecule has 0 heterocycles. The van der Waals surface area contributed by atoms with Gasteiger partial charge in [-0.05, 0) is 23.5 Å². The van der Waals surface area contributed by atoms with E-state index in [0.29, 0.717) is 25.5 Å². The fraction of sp³-hybridized carbons (Fsp3) is 0.625. The molecule has 4 heteroatoms. The van der Waals surface area contributed by atoms with Gasteiger partial charge >= 0.3 is 0 Å². The third kappa shape index (κ3) is 5.59. The Kier molecular flexibility index (Phi) is 7.77. The first-order chi connectivity index (χ1) is 9.58. The second kappa shape index (κ2) is 9.08. The van der Waals surface area contributed by atoms with Gasteiger partial charge < -0.3 is 20.3 Å². The Balaban J connectivity index is 2.50. The van der Waals surface area contributed by atoms with Crippen LogP contribution in [0.1, 0.15) is 43.4 Å². The van der Waals surface area contributed by atoms with Crippen molar-refractivity contribution >= 4 is 0 Å². The highest BCUT2D eigenvalue weighted by Gasteiger charge is 2.12. The molecular formula is C16H27NO3. The molecule has 2 unspecified atom stereocenters. The Hall–Kier alpha value is -0.940. The molecule has 0 saturated carbocycles. The Morgan fingerprint density at radius 1 is 1.15 bits per heavy atom. The lowest BCUT2D eigenvalue weighted by molar-refractivity contribution is 0.127. The topological polar surface area (TPSA) is 61.7 Å². The lowest BCUT2D eigenvalue weighted by Gasteiger charge is -2.20. The zero-order chi connectivity index (χ0) is 15.0. The standard InChI is InChI=1S/C16H27NO3/c1-12(2)13-4-6-14(7-5-13)16(19)10-17-15(8-9-18)11-20-3/h4-7,12,15-19H,8-11H2,1-3H3. The number of rotatable bonds is 9. The van der Waals surface area contributed by atoms with Gasteiger partial charge in [0.15, 0.2) is 0 Å². The second-order valence-electron chi connectivity index (χ2n) is 5.41. The third-order valence-corrected chi connectivity index (χ3v) is 3.43. The molecule has 1 aromatic rings. The molecule has 0 fully saturated rings. The molecule has 0 saturated heterocycles. The van der Waals surface area contributed by atoms with E-state index in [0.717, 1.165) is 5.56 Å². The largest absolute Gasteiger partial charge is 0.396 e. The van der Waals surface area contributed by atoms with Crippen molar-refractivity contribution < 1.29 is 14.9 Å². The summed E-state index contributed by atoms with van der Waals surface area (Å²) >= 11 is 0. The highest BCUT2D eigenvalue weighted by atomic mass is 16.5. The van der Waals surface area contributed by atoms with Crippen molar-refractivity contribution in [1.82, 2.24) is 5.32 Å². The van der Waals surface area contributed by atoms with E-state index in [2.05, 4.69) is 31.3 Å². The first kappa shape index (κ1) is 17.1. The molecule has 0 amide bonds. The van der Waals surface area contributed by atoms with Crippen LogP contribution in [0.3, 0.4) is 0 Å². The zero-order valence-corrected chi connectivity index (χ0v) is 12.7. The first-order valence-corrected chi connectivity index (χ1v) is 7.19. The summed E-state index contributed by atoms with van der Waals surface area (Å²) < 4.78 is 5.08. The van der Waals surface area contributed by atoms with E-state index in [1.54, 1.807) is 7.11 Å². The number of ether oxygens (including phenoxy) is 1. The number of methoxy groups -OCH3 is 1. The summed E-state index contributed by atoms with van der Waals surface area (Å²) in [5.41, 5.74) is 2.17. The smallest absolute Gasteiger partial charge is 0.0914 e. The highest BCUT2D eigenvalue weighted by molar-refractivity contribution is 5.26. The molecule has 1 rings (SSSR count). The number of hydrogen-bond donors (Lipinski definition) is 3. The number of nitrogens with one attached hydrogen (secondary N) is 1. The summed E-state index contributed by atoms with van der Waals surface area (Å²) in [7, 11) is 1.63. The Bertz CT molecular complexity index is 358. The van der Waals surface area contributed by atoms with E-state index in [1.807, 2.05) is 12.1 Å². The molecule has 2 atom stereocenters. The van der Waals surface area contributed by atoms with E-state index in [1.165, 1.54) is 5.56 Å². The predicted octanol–water partition coefficient (Wildman–Crippen LogP) is 1.83. The van der Waals surface area contributed by atoms with Crippen molar-refractivity contribution in [1.29, 1.82) is 0 Å². The molecule has 114 valence electrons. The van der Waals surface area contributed by atoms with Gasteiger partial charge in [-0.3, -0.25) is 0 Å². The molecule has 0 spiro atoms. The molecular weight excluding hydrogens is 254 g/mol. The van der Waals surface area contributed by atoms with Crippen LogP contribution < -0.4 is 5.32 Å². The SMILES string of the molecule is COCC(CCO)NCC(O)c1ccc(C(C)C)cc1. The highest BCUT2D eigenvalue weighted by Crippen LogP contribution is 2.18. The van der Waals surface area contributed by atoms with Gasteiger partial charge in [0, 0.05) is 26.3 Å². The van der Waals surface area contributed by atoms with Crippen LogP contribution in [0.5, 0.6) is 0 Å². The molecule has 20 heavy (non-hydrogen) atoms.